The first-order valence-corrected chi connectivity index (χ1v) is 5.93. The third kappa shape index (κ3) is 3.18. The van der Waals surface area contributed by atoms with Crippen LogP contribution in [0.3, 0.4) is 0 Å². The number of hydrogen-bond donors (Lipinski definition) is 2. The summed E-state index contributed by atoms with van der Waals surface area (Å²) in [6.45, 7) is 0.591. The summed E-state index contributed by atoms with van der Waals surface area (Å²) in [6, 6.07) is 5.00. The van der Waals surface area contributed by atoms with Gasteiger partial charge in [-0.25, -0.2) is 0 Å². The molecule has 3 nitrogen and oxygen atoms in total. The Balaban J connectivity index is 2.05. The van der Waals surface area contributed by atoms with E-state index in [-0.39, 0.29) is 11.7 Å². The van der Waals surface area contributed by atoms with Gasteiger partial charge in [-0.3, -0.25) is 0 Å². The van der Waals surface area contributed by atoms with Crippen molar-refractivity contribution in [3.8, 4) is 6.07 Å². The highest BCUT2D eigenvalue weighted by Crippen LogP contribution is 2.33. The normalized spacial score (nSPS) is 22.5. The van der Waals surface area contributed by atoms with Crippen LogP contribution in [0.5, 0.6) is 0 Å². The lowest BCUT2D eigenvalue weighted by Gasteiger charge is -2.31. The van der Waals surface area contributed by atoms with E-state index in [2.05, 4.69) is 5.32 Å². The van der Waals surface area contributed by atoms with Crippen molar-refractivity contribution in [1.29, 1.82) is 5.26 Å². The van der Waals surface area contributed by atoms with Gasteiger partial charge in [0.2, 0.25) is 0 Å². The molecule has 0 saturated heterocycles. The van der Waals surface area contributed by atoms with Crippen LogP contribution >= 0.6 is 0 Å². The smallest absolute Gasteiger partial charge is 0.393 e. The third-order valence-electron chi connectivity index (χ3n) is 3.25. The van der Waals surface area contributed by atoms with Gasteiger partial charge in [-0.05, 0) is 37.0 Å². The Morgan fingerprint density at radius 1 is 1.37 bits per heavy atom. The summed E-state index contributed by atoms with van der Waals surface area (Å²) in [5.41, 5.74) is -0.809. The van der Waals surface area contributed by atoms with Gasteiger partial charge in [0.05, 0.1) is 23.3 Å². The lowest BCUT2D eigenvalue weighted by atomic mass is 9.82. The molecule has 1 aromatic carbocycles. The highest BCUT2D eigenvalue weighted by atomic mass is 19.4. The average Bonchev–Trinajstić information content (AvgIpc) is 2.31. The maximum Gasteiger partial charge on any atom is 0.417 e. The van der Waals surface area contributed by atoms with Crippen LogP contribution in [-0.4, -0.2) is 17.8 Å². The Morgan fingerprint density at radius 2 is 2.05 bits per heavy atom. The largest absolute Gasteiger partial charge is 0.417 e. The van der Waals surface area contributed by atoms with Crippen LogP contribution in [0, 0.1) is 17.2 Å². The number of benzene rings is 1. The van der Waals surface area contributed by atoms with E-state index in [1.165, 1.54) is 12.1 Å². The Bertz CT molecular complexity index is 502. The zero-order chi connectivity index (χ0) is 14.0. The van der Waals surface area contributed by atoms with Gasteiger partial charge >= 0.3 is 6.18 Å². The zero-order valence-corrected chi connectivity index (χ0v) is 10.0. The van der Waals surface area contributed by atoms with Gasteiger partial charge < -0.3 is 10.4 Å². The molecular formula is C13H13F3N2O. The second kappa shape index (κ2) is 5.10. The molecule has 0 spiro atoms. The number of nitrogens with zero attached hydrogens (tertiary/aromatic N) is 1. The van der Waals surface area contributed by atoms with Gasteiger partial charge in [0, 0.05) is 12.2 Å². The molecule has 0 heterocycles. The van der Waals surface area contributed by atoms with Gasteiger partial charge in [0.25, 0.3) is 0 Å². The standard InChI is InChI=1S/C13H13F3N2O/c14-13(15,16)12-2-1-10(5-9(12)6-17)18-7-8-3-11(19)4-8/h1-2,5,8,11,18-19H,3-4,7H2. The van der Waals surface area contributed by atoms with Crippen molar-refractivity contribution >= 4 is 5.69 Å². The van der Waals surface area contributed by atoms with E-state index < -0.39 is 11.7 Å². The molecule has 0 amide bonds. The van der Waals surface area contributed by atoms with Crippen LogP contribution in [-0.2, 0) is 6.18 Å². The van der Waals surface area contributed by atoms with Crippen molar-refractivity contribution in [3.63, 3.8) is 0 Å². The second-order valence-corrected chi connectivity index (χ2v) is 4.74. The number of aliphatic hydroxyl groups excluding tert-OH is 1. The minimum absolute atomic E-state index is 0.255. The zero-order valence-electron chi connectivity index (χ0n) is 10.0. The van der Waals surface area contributed by atoms with Crippen molar-refractivity contribution in [1.82, 2.24) is 0 Å². The molecule has 0 unspecified atom stereocenters. The van der Waals surface area contributed by atoms with E-state index in [1.807, 2.05) is 0 Å². The van der Waals surface area contributed by atoms with Gasteiger partial charge in [0.1, 0.15) is 0 Å². The molecule has 6 heteroatoms. The first-order valence-electron chi connectivity index (χ1n) is 5.93. The summed E-state index contributed by atoms with van der Waals surface area (Å²) in [6.07, 6.45) is -3.35. The molecule has 2 N–H and O–H groups in total. The summed E-state index contributed by atoms with van der Waals surface area (Å²) < 4.78 is 37.8. The number of rotatable bonds is 3. The Hall–Kier alpha value is -1.74. The topological polar surface area (TPSA) is 56.0 Å². The average molecular weight is 270 g/mol. The molecular weight excluding hydrogens is 257 g/mol. The van der Waals surface area contributed by atoms with Gasteiger partial charge in [-0.15, -0.1) is 0 Å². The summed E-state index contributed by atoms with van der Waals surface area (Å²) in [4.78, 5) is 0. The predicted molar refractivity (Wildman–Crippen MR) is 63.4 cm³/mol. The lowest BCUT2D eigenvalue weighted by molar-refractivity contribution is -0.137. The van der Waals surface area contributed by atoms with Crippen LogP contribution < -0.4 is 5.32 Å². The Labute approximate surface area is 108 Å². The fourth-order valence-corrected chi connectivity index (χ4v) is 2.12. The molecule has 102 valence electrons. The Kier molecular flexibility index (Phi) is 3.67. The Morgan fingerprint density at radius 3 is 2.58 bits per heavy atom. The number of nitriles is 1. The van der Waals surface area contributed by atoms with E-state index in [0.29, 0.717) is 31.0 Å². The number of anilines is 1. The molecule has 0 aliphatic heterocycles. The number of nitrogens with one attached hydrogen (secondary N) is 1. The SMILES string of the molecule is N#Cc1cc(NCC2CC(O)C2)ccc1C(F)(F)F. The number of hydrogen-bond acceptors (Lipinski definition) is 3. The third-order valence-corrected chi connectivity index (χ3v) is 3.25. The van der Waals surface area contributed by atoms with Gasteiger partial charge in [0.15, 0.2) is 0 Å². The molecule has 0 atom stereocenters. The van der Waals surface area contributed by atoms with Crippen LogP contribution in [0.4, 0.5) is 18.9 Å². The molecule has 0 radical (unpaired) electrons. The quantitative estimate of drug-likeness (QED) is 0.888. The van der Waals surface area contributed by atoms with Crippen LogP contribution in [0.2, 0.25) is 0 Å². The van der Waals surface area contributed by atoms with E-state index in [0.717, 1.165) is 6.07 Å². The second-order valence-electron chi connectivity index (χ2n) is 4.74. The van der Waals surface area contributed by atoms with E-state index in [1.54, 1.807) is 6.07 Å². The predicted octanol–water partition coefficient (Wildman–Crippen LogP) is 2.76. The first-order chi connectivity index (χ1) is 8.90. The molecule has 1 saturated carbocycles. The van der Waals surface area contributed by atoms with Crippen molar-refractivity contribution in [2.75, 3.05) is 11.9 Å². The molecule has 0 aromatic heterocycles. The van der Waals surface area contributed by atoms with Crippen molar-refractivity contribution < 1.29 is 18.3 Å². The highest BCUT2D eigenvalue weighted by molar-refractivity contribution is 5.53. The van der Waals surface area contributed by atoms with E-state index in [9.17, 15) is 13.2 Å². The maximum absolute atomic E-state index is 12.6. The van der Waals surface area contributed by atoms with Crippen molar-refractivity contribution in [2.24, 2.45) is 5.92 Å². The molecule has 1 aromatic rings. The summed E-state index contributed by atoms with van der Waals surface area (Å²) in [5.74, 6) is 0.336. The lowest BCUT2D eigenvalue weighted by Crippen LogP contribution is -2.33. The van der Waals surface area contributed by atoms with E-state index >= 15 is 0 Å². The monoisotopic (exact) mass is 270 g/mol. The summed E-state index contributed by atoms with van der Waals surface area (Å²) >= 11 is 0. The molecule has 2 rings (SSSR count). The van der Waals surface area contributed by atoms with Gasteiger partial charge in [-0.1, -0.05) is 0 Å². The number of alkyl halides is 3. The minimum atomic E-state index is -4.51. The van der Waals surface area contributed by atoms with Crippen molar-refractivity contribution in [2.45, 2.75) is 25.1 Å². The fourth-order valence-electron chi connectivity index (χ4n) is 2.12. The molecule has 19 heavy (non-hydrogen) atoms. The van der Waals surface area contributed by atoms with Crippen LogP contribution in [0.25, 0.3) is 0 Å². The molecule has 1 fully saturated rings. The van der Waals surface area contributed by atoms with Crippen molar-refractivity contribution in [3.05, 3.63) is 29.3 Å². The first kappa shape index (κ1) is 13.7. The number of halogens is 3. The van der Waals surface area contributed by atoms with Crippen LogP contribution in [0.1, 0.15) is 24.0 Å². The molecule has 1 aliphatic carbocycles. The number of aliphatic hydroxyl groups is 1. The summed E-state index contributed by atoms with van der Waals surface area (Å²) in [5, 5.41) is 20.9. The summed E-state index contributed by atoms with van der Waals surface area (Å²) in [7, 11) is 0. The maximum atomic E-state index is 12.6. The fraction of sp³-hybridized carbons (Fsp3) is 0.462. The van der Waals surface area contributed by atoms with Gasteiger partial charge in [-0.2, -0.15) is 18.4 Å². The molecule has 1 aliphatic rings. The highest BCUT2D eigenvalue weighted by Gasteiger charge is 2.33. The minimum Gasteiger partial charge on any atom is -0.393 e. The van der Waals surface area contributed by atoms with Crippen LogP contribution in [0.15, 0.2) is 18.2 Å². The van der Waals surface area contributed by atoms with E-state index in [4.69, 9.17) is 10.4 Å². The molecule has 0 bridgehead atoms.